The van der Waals surface area contributed by atoms with Gasteiger partial charge in [-0.05, 0) is 22.4 Å². The number of imidazole rings is 1. The quantitative estimate of drug-likeness (QED) is 0.534. The lowest BCUT2D eigenvalue weighted by Gasteiger charge is -2.19. The van der Waals surface area contributed by atoms with Crippen molar-refractivity contribution in [3.8, 4) is 0 Å². The van der Waals surface area contributed by atoms with Crippen LogP contribution in [0.15, 0.2) is 27.8 Å². The van der Waals surface area contributed by atoms with Crippen LogP contribution in [0, 0.1) is 0 Å². The zero-order valence-electron chi connectivity index (χ0n) is 17.1. The number of rotatable bonds is 6. The molecule has 1 aliphatic rings. The normalized spacial score (nSPS) is 22.8. The highest BCUT2D eigenvalue weighted by atomic mass is 32.1. The number of thiophene rings is 1. The van der Waals surface area contributed by atoms with Gasteiger partial charge in [0.25, 0.3) is 0 Å². The number of halogens is 1. The van der Waals surface area contributed by atoms with Gasteiger partial charge >= 0.3 is 17.6 Å². The van der Waals surface area contributed by atoms with Gasteiger partial charge in [-0.2, -0.15) is 16.3 Å². The van der Waals surface area contributed by atoms with Crippen LogP contribution < -0.4 is 11.4 Å². The van der Waals surface area contributed by atoms with Crippen LogP contribution in [0.5, 0.6) is 0 Å². The van der Waals surface area contributed by atoms with E-state index in [0.717, 1.165) is 17.1 Å². The molecule has 1 aliphatic heterocycles. The summed E-state index contributed by atoms with van der Waals surface area (Å²) >= 11 is 1.47. The van der Waals surface area contributed by atoms with Gasteiger partial charge in [-0.1, -0.05) is 6.92 Å². The summed E-state index contributed by atoms with van der Waals surface area (Å²) in [6.45, 7) is 2.82. The summed E-state index contributed by atoms with van der Waals surface area (Å²) in [7, 11) is 0. The number of carbonyl (C=O) groups excluding carboxylic acids is 2. The Morgan fingerprint density at radius 3 is 2.81 bits per heavy atom. The molecule has 0 aliphatic carbocycles. The smallest absolute Gasteiger partial charge is 0.332 e. The van der Waals surface area contributed by atoms with Crippen LogP contribution in [0.25, 0.3) is 11.2 Å². The van der Waals surface area contributed by atoms with Crippen molar-refractivity contribution < 1.29 is 28.2 Å². The zero-order chi connectivity index (χ0) is 23.0. The van der Waals surface area contributed by atoms with Gasteiger partial charge in [0.05, 0.1) is 12.7 Å². The molecule has 2 N–H and O–H groups in total. The number of nitrogens with two attached hydrogens (primary N) is 1. The predicted molar refractivity (Wildman–Crippen MR) is 110 cm³/mol. The Kier molecular flexibility index (Phi) is 5.93. The second-order valence-corrected chi connectivity index (χ2v) is 7.84. The first-order valence-corrected chi connectivity index (χ1v) is 10.6. The van der Waals surface area contributed by atoms with Crippen molar-refractivity contribution in [2.75, 3.05) is 5.73 Å². The average molecular weight is 465 g/mol. The lowest BCUT2D eigenvalue weighted by atomic mass is 10.2. The molecule has 0 unspecified atom stereocenters. The van der Waals surface area contributed by atoms with E-state index >= 15 is 4.39 Å². The Morgan fingerprint density at radius 1 is 1.38 bits per heavy atom. The fourth-order valence-electron chi connectivity index (χ4n) is 3.45. The van der Waals surface area contributed by atoms with Crippen molar-refractivity contribution in [2.24, 2.45) is 0 Å². The molecule has 4 rings (SSSR count). The van der Waals surface area contributed by atoms with E-state index < -0.39 is 42.4 Å². The number of hydrogen-bond acceptors (Lipinski definition) is 10. The number of anilines is 1. The van der Waals surface area contributed by atoms with Gasteiger partial charge in [0.15, 0.2) is 18.0 Å². The molecule has 0 radical (unpaired) electrons. The third kappa shape index (κ3) is 3.96. The molecular weight excluding hydrogens is 445 g/mol. The van der Waals surface area contributed by atoms with Crippen LogP contribution in [-0.2, 0) is 30.3 Å². The minimum Gasteiger partial charge on any atom is -0.454 e. The van der Waals surface area contributed by atoms with Crippen LogP contribution in [-0.4, -0.2) is 49.6 Å². The number of nitrogen functional groups attached to an aromatic ring is 1. The predicted octanol–water partition coefficient (Wildman–Crippen LogP) is 1.36. The second kappa shape index (κ2) is 8.67. The van der Waals surface area contributed by atoms with E-state index in [-0.39, 0.29) is 24.6 Å². The minimum atomic E-state index is -2.03. The van der Waals surface area contributed by atoms with E-state index in [1.54, 1.807) is 0 Å². The molecule has 13 heteroatoms. The molecule has 1 fully saturated rings. The first-order chi connectivity index (χ1) is 15.3. The molecule has 3 aromatic rings. The molecule has 170 valence electrons. The Hall–Kier alpha value is -3.32. The molecule has 0 spiro atoms. The SMILES string of the molecule is CCC(=O)O[C@H]1O[C@@H](n2c(=O)n(Cc3ccsc3)c3cnc(N)nc32)[C@H](OC(C)=O)[C@H]1F. The molecule has 11 nitrogen and oxygen atoms in total. The largest absolute Gasteiger partial charge is 0.454 e. The first kappa shape index (κ1) is 21.9. The van der Waals surface area contributed by atoms with E-state index in [2.05, 4.69) is 9.97 Å². The molecule has 0 bridgehead atoms. The minimum absolute atomic E-state index is 0.0147. The van der Waals surface area contributed by atoms with Gasteiger partial charge in [-0.3, -0.25) is 14.2 Å². The summed E-state index contributed by atoms with van der Waals surface area (Å²) in [5, 5.41) is 3.74. The summed E-state index contributed by atoms with van der Waals surface area (Å²) in [4.78, 5) is 44.8. The van der Waals surface area contributed by atoms with Crippen molar-refractivity contribution in [1.82, 2.24) is 19.1 Å². The van der Waals surface area contributed by atoms with E-state index in [0.29, 0.717) is 5.52 Å². The number of hydrogen-bond donors (Lipinski definition) is 1. The maximum absolute atomic E-state index is 15.1. The number of alkyl halides is 1. The molecule has 4 heterocycles. The standard InChI is InChI=1S/C19H20FN5O6S/c1-3-12(27)30-17-13(20)14(29-9(2)26)16(31-17)25-15-11(6-22-18(21)23-15)24(19(25)28)7-10-4-5-32-8-10/h4-6,8,13-14,16-17H,3,7H2,1-2H3,(H2,21,22,23)/t13-,14-,16-,17+/m1/s1. The van der Waals surface area contributed by atoms with E-state index in [9.17, 15) is 14.4 Å². The number of ether oxygens (including phenoxy) is 3. The molecule has 0 amide bonds. The Bertz CT molecular complexity index is 1210. The van der Waals surface area contributed by atoms with Gasteiger partial charge < -0.3 is 19.9 Å². The van der Waals surface area contributed by atoms with Gasteiger partial charge in [0.2, 0.25) is 18.4 Å². The third-order valence-corrected chi connectivity index (χ3v) is 5.60. The topological polar surface area (TPSA) is 141 Å². The van der Waals surface area contributed by atoms with Crippen LogP contribution >= 0.6 is 11.3 Å². The van der Waals surface area contributed by atoms with Crippen molar-refractivity contribution in [3.63, 3.8) is 0 Å². The lowest BCUT2D eigenvalue weighted by molar-refractivity contribution is -0.188. The van der Waals surface area contributed by atoms with Gasteiger partial charge in [0.1, 0.15) is 5.52 Å². The average Bonchev–Trinajstić information content (AvgIpc) is 3.42. The van der Waals surface area contributed by atoms with E-state index in [1.165, 1.54) is 29.0 Å². The lowest BCUT2D eigenvalue weighted by Crippen LogP contribution is -2.37. The van der Waals surface area contributed by atoms with Crippen molar-refractivity contribution in [3.05, 3.63) is 39.1 Å². The summed E-state index contributed by atoms with van der Waals surface area (Å²) in [5.74, 6) is -1.62. The van der Waals surface area contributed by atoms with Gasteiger partial charge in [-0.15, -0.1) is 0 Å². The Morgan fingerprint density at radius 2 is 2.16 bits per heavy atom. The molecule has 3 aromatic heterocycles. The maximum atomic E-state index is 15.1. The Labute approximate surface area is 184 Å². The highest BCUT2D eigenvalue weighted by molar-refractivity contribution is 7.07. The highest BCUT2D eigenvalue weighted by Crippen LogP contribution is 2.35. The van der Waals surface area contributed by atoms with Crippen molar-refractivity contribution in [2.45, 2.75) is 51.6 Å². The fraction of sp³-hybridized carbons (Fsp3) is 0.421. The number of fused-ring (bicyclic) bond motifs is 1. The van der Waals surface area contributed by atoms with E-state index in [1.807, 2.05) is 16.8 Å². The number of carbonyl (C=O) groups is 2. The van der Waals surface area contributed by atoms with Crippen molar-refractivity contribution in [1.29, 1.82) is 0 Å². The van der Waals surface area contributed by atoms with Crippen LogP contribution in [0.1, 0.15) is 32.1 Å². The first-order valence-electron chi connectivity index (χ1n) is 9.70. The summed E-state index contributed by atoms with van der Waals surface area (Å²) in [6, 6.07) is 1.85. The van der Waals surface area contributed by atoms with Crippen LogP contribution in [0.2, 0.25) is 0 Å². The molecule has 0 aromatic carbocycles. The van der Waals surface area contributed by atoms with Crippen LogP contribution in [0.3, 0.4) is 0 Å². The Balaban J connectivity index is 1.83. The van der Waals surface area contributed by atoms with Crippen LogP contribution in [0.4, 0.5) is 10.3 Å². The second-order valence-electron chi connectivity index (χ2n) is 7.06. The number of aromatic nitrogens is 4. The van der Waals surface area contributed by atoms with Crippen molar-refractivity contribution >= 4 is 40.4 Å². The van der Waals surface area contributed by atoms with E-state index in [4.69, 9.17) is 19.9 Å². The molecule has 4 atom stereocenters. The number of nitrogens with zero attached hydrogens (tertiary/aromatic N) is 4. The third-order valence-electron chi connectivity index (χ3n) is 4.87. The molecular formula is C19H20FN5O6S. The zero-order valence-corrected chi connectivity index (χ0v) is 18.0. The summed E-state index contributed by atoms with van der Waals surface area (Å²) in [5.41, 5.74) is 6.36. The molecule has 32 heavy (non-hydrogen) atoms. The van der Waals surface area contributed by atoms with Gasteiger partial charge in [-0.25, -0.2) is 18.7 Å². The number of esters is 2. The molecule has 0 saturated carbocycles. The summed E-state index contributed by atoms with van der Waals surface area (Å²) < 4.78 is 33.2. The van der Waals surface area contributed by atoms with Gasteiger partial charge in [0, 0.05) is 13.3 Å². The maximum Gasteiger partial charge on any atom is 0.332 e. The fourth-order valence-corrected chi connectivity index (χ4v) is 4.11. The molecule has 1 saturated heterocycles. The monoisotopic (exact) mass is 465 g/mol. The highest BCUT2D eigenvalue weighted by Gasteiger charge is 2.51. The summed E-state index contributed by atoms with van der Waals surface area (Å²) in [6.07, 6.45) is -5.34.